The molecule has 202 valence electrons. The van der Waals surface area contributed by atoms with Crippen molar-refractivity contribution in [3.05, 3.63) is 59.8 Å². The van der Waals surface area contributed by atoms with Crippen LogP contribution in [-0.4, -0.2) is 57.5 Å². The first-order valence-electron chi connectivity index (χ1n) is 11.0. The molecule has 1 fully saturated rings. The van der Waals surface area contributed by atoms with E-state index in [9.17, 15) is 40.3 Å². The number of hydrogen-bond donors (Lipinski definition) is 2. The maximum absolute atomic E-state index is 14.9. The van der Waals surface area contributed by atoms with Gasteiger partial charge in [-0.25, -0.2) is 27.2 Å². The Morgan fingerprint density at radius 1 is 1.18 bits per heavy atom. The predicted molar refractivity (Wildman–Crippen MR) is 123 cm³/mol. The van der Waals surface area contributed by atoms with Crippen LogP contribution in [0.1, 0.15) is 18.3 Å². The maximum atomic E-state index is 14.9. The summed E-state index contributed by atoms with van der Waals surface area (Å²) >= 11 is 0. The van der Waals surface area contributed by atoms with Gasteiger partial charge in [-0.15, -0.1) is 0 Å². The van der Waals surface area contributed by atoms with Gasteiger partial charge in [0.05, 0.1) is 21.8 Å². The van der Waals surface area contributed by atoms with E-state index in [1.807, 2.05) is 0 Å². The summed E-state index contributed by atoms with van der Waals surface area (Å²) in [5, 5.41) is 9.48. The summed E-state index contributed by atoms with van der Waals surface area (Å²) in [6, 6.07) is 4.12. The van der Waals surface area contributed by atoms with Crippen LogP contribution in [0.2, 0.25) is 0 Å². The largest absolute Gasteiger partial charge is 0.480 e. The van der Waals surface area contributed by atoms with E-state index in [-0.39, 0.29) is 29.3 Å². The van der Waals surface area contributed by atoms with Crippen molar-refractivity contribution in [2.75, 3.05) is 6.54 Å². The second-order valence-corrected chi connectivity index (χ2v) is 10.5. The molecule has 1 saturated heterocycles. The lowest BCUT2D eigenvalue weighted by atomic mass is 10.0. The monoisotopic (exact) mass is 557 g/mol. The summed E-state index contributed by atoms with van der Waals surface area (Å²) in [5.74, 6) is -3.92. The number of alkyl halides is 4. The fraction of sp³-hybridized carbons (Fsp3) is 0.304. The van der Waals surface area contributed by atoms with Gasteiger partial charge in [-0.2, -0.15) is 17.5 Å². The van der Waals surface area contributed by atoms with E-state index in [4.69, 9.17) is 5.73 Å². The molecule has 15 heteroatoms. The lowest BCUT2D eigenvalue weighted by Crippen LogP contribution is -2.42. The van der Waals surface area contributed by atoms with Gasteiger partial charge in [0.15, 0.2) is 5.82 Å². The minimum absolute atomic E-state index is 0.0453. The Kier molecular flexibility index (Phi) is 7.20. The molecule has 0 saturated carbocycles. The van der Waals surface area contributed by atoms with Crippen molar-refractivity contribution in [1.29, 1.82) is 0 Å². The molecule has 4 rings (SSSR count). The summed E-state index contributed by atoms with van der Waals surface area (Å²) in [6.45, 7) is 0.413. The molecule has 2 aromatic heterocycles. The first kappa shape index (κ1) is 27.5. The average Bonchev–Trinajstić information content (AvgIpc) is 3.18. The van der Waals surface area contributed by atoms with Crippen molar-refractivity contribution < 1.29 is 40.3 Å². The number of carbonyl (C=O) groups is 1. The van der Waals surface area contributed by atoms with Gasteiger partial charge in [0.2, 0.25) is 10.0 Å². The molecule has 3 N–H and O–H groups in total. The number of aromatic nitrogens is 3. The number of carboxylic acid groups (broad SMARTS) is 1. The van der Waals surface area contributed by atoms with Gasteiger partial charge < -0.3 is 10.8 Å². The molecule has 3 atom stereocenters. The molecule has 38 heavy (non-hydrogen) atoms. The topological polar surface area (TPSA) is 139 Å². The minimum Gasteiger partial charge on any atom is -0.480 e. The van der Waals surface area contributed by atoms with E-state index in [2.05, 4.69) is 15.0 Å². The van der Waals surface area contributed by atoms with Crippen LogP contribution in [0.25, 0.3) is 22.6 Å². The number of hydrogen-bond acceptors (Lipinski definition) is 7. The first-order chi connectivity index (χ1) is 17.7. The highest BCUT2D eigenvalue weighted by atomic mass is 32.2. The van der Waals surface area contributed by atoms with Crippen LogP contribution < -0.4 is 5.73 Å². The van der Waals surface area contributed by atoms with Crippen molar-refractivity contribution in [3.63, 3.8) is 0 Å². The molecule has 3 heterocycles. The molecule has 2 unspecified atom stereocenters. The zero-order chi connectivity index (χ0) is 28.0. The van der Waals surface area contributed by atoms with E-state index in [0.29, 0.717) is 4.31 Å². The summed E-state index contributed by atoms with van der Waals surface area (Å²) in [4.78, 5) is 22.8. The van der Waals surface area contributed by atoms with Gasteiger partial charge in [0, 0.05) is 30.8 Å². The van der Waals surface area contributed by atoms with E-state index in [1.54, 1.807) is 0 Å². The van der Waals surface area contributed by atoms with Crippen LogP contribution >= 0.6 is 0 Å². The van der Waals surface area contributed by atoms with Crippen LogP contribution in [0.5, 0.6) is 0 Å². The van der Waals surface area contributed by atoms with Crippen LogP contribution in [-0.2, 0) is 27.5 Å². The van der Waals surface area contributed by atoms with E-state index >= 15 is 0 Å². The maximum Gasteiger partial charge on any atom is 0.433 e. The molecular formula is C23H20F5N5O4S. The van der Waals surface area contributed by atoms with Crippen LogP contribution in [0, 0.1) is 11.7 Å². The van der Waals surface area contributed by atoms with E-state index in [1.165, 1.54) is 13.0 Å². The quantitative estimate of drug-likeness (QED) is 0.441. The van der Waals surface area contributed by atoms with Crippen LogP contribution in [0.3, 0.4) is 0 Å². The van der Waals surface area contributed by atoms with Gasteiger partial charge in [-0.3, -0.25) is 9.78 Å². The van der Waals surface area contributed by atoms with Crippen molar-refractivity contribution in [2.24, 2.45) is 11.7 Å². The highest BCUT2D eigenvalue weighted by molar-refractivity contribution is 7.89. The molecule has 0 bridgehead atoms. The lowest BCUT2D eigenvalue weighted by molar-refractivity contribution is -0.142. The molecule has 0 amide bonds. The number of sulfonamides is 1. The molecular weight excluding hydrogens is 537 g/mol. The number of nitrogens with zero attached hydrogens (tertiary/aromatic N) is 4. The molecule has 3 aromatic rings. The van der Waals surface area contributed by atoms with Gasteiger partial charge >= 0.3 is 12.1 Å². The molecule has 1 aliphatic rings. The van der Waals surface area contributed by atoms with Gasteiger partial charge in [0.1, 0.15) is 23.7 Å². The molecule has 0 radical (unpaired) electrons. The number of carboxylic acids is 1. The number of benzene rings is 1. The zero-order valence-corrected chi connectivity index (χ0v) is 20.3. The Bertz CT molecular complexity index is 1480. The lowest BCUT2D eigenvalue weighted by Gasteiger charge is -2.22. The number of halogens is 5. The predicted octanol–water partition coefficient (Wildman–Crippen LogP) is 3.25. The average molecular weight is 558 g/mol. The second-order valence-electron chi connectivity index (χ2n) is 8.58. The highest BCUT2D eigenvalue weighted by Gasteiger charge is 2.49. The van der Waals surface area contributed by atoms with E-state index in [0.717, 1.165) is 36.5 Å². The van der Waals surface area contributed by atoms with E-state index < -0.39 is 68.8 Å². The fourth-order valence-electron chi connectivity index (χ4n) is 4.06. The Labute approximate surface area is 213 Å². The number of aliphatic carboxylic acids is 1. The molecule has 9 nitrogen and oxygen atoms in total. The first-order valence-corrected chi connectivity index (χ1v) is 12.5. The second kappa shape index (κ2) is 9.96. The van der Waals surface area contributed by atoms with Crippen molar-refractivity contribution >= 4 is 16.0 Å². The smallest absolute Gasteiger partial charge is 0.433 e. The Morgan fingerprint density at radius 2 is 1.89 bits per heavy atom. The van der Waals surface area contributed by atoms with Crippen LogP contribution in [0.4, 0.5) is 22.0 Å². The summed E-state index contributed by atoms with van der Waals surface area (Å²) in [7, 11) is -4.59. The van der Waals surface area contributed by atoms with Crippen molar-refractivity contribution in [3.8, 4) is 22.6 Å². The molecule has 0 spiro atoms. The van der Waals surface area contributed by atoms with Gasteiger partial charge in [0.25, 0.3) is 0 Å². The Balaban J connectivity index is 1.79. The number of nitrogens with two attached hydrogens (primary N) is 1. The SMILES string of the molecule is CC1C(F)CN(S(=O)(=O)c2ccc(F)c(-c3nc(CN)cc(-c4ccc(C(F)(F)F)nc4)n3)c2)[C@@H]1C(=O)O. The number of rotatable bonds is 6. The summed E-state index contributed by atoms with van der Waals surface area (Å²) < 4.78 is 94.9. The third-order valence-electron chi connectivity index (χ3n) is 6.11. The van der Waals surface area contributed by atoms with Crippen molar-refractivity contribution in [2.45, 2.75) is 36.8 Å². The summed E-state index contributed by atoms with van der Waals surface area (Å²) in [6.07, 6.45) is -5.47. The number of pyridine rings is 1. The van der Waals surface area contributed by atoms with Crippen LogP contribution in [0.15, 0.2) is 47.5 Å². The van der Waals surface area contributed by atoms with Gasteiger partial charge in [-0.05, 0) is 36.4 Å². The summed E-state index contributed by atoms with van der Waals surface area (Å²) in [5.41, 5.74) is 4.47. The highest BCUT2D eigenvalue weighted by Crippen LogP contribution is 2.34. The standard InChI is InChI=1S/C23H20F5N5O4S/c1-11-17(25)10-33(20(11)22(34)35)38(36,37)14-3-4-16(24)15(7-14)21-31-13(8-29)6-18(32-21)12-2-5-19(30-9-12)23(26,27)28/h2-7,9,11,17,20H,8,10,29H2,1H3,(H,34,35)/t11?,17?,20-/m0/s1. The third-order valence-corrected chi connectivity index (χ3v) is 7.95. The fourth-order valence-corrected chi connectivity index (χ4v) is 5.76. The molecule has 1 aliphatic heterocycles. The van der Waals surface area contributed by atoms with Crippen molar-refractivity contribution in [1.82, 2.24) is 19.3 Å². The Morgan fingerprint density at radius 3 is 2.47 bits per heavy atom. The molecule has 1 aromatic carbocycles. The third kappa shape index (κ3) is 5.08. The zero-order valence-electron chi connectivity index (χ0n) is 19.5. The Hall–Kier alpha value is -3.56. The normalized spacial score (nSPS) is 20.6. The molecule has 0 aliphatic carbocycles. The minimum atomic E-state index is -4.66. The van der Waals surface area contributed by atoms with Gasteiger partial charge in [-0.1, -0.05) is 6.92 Å².